The van der Waals surface area contributed by atoms with Gasteiger partial charge in [0.25, 0.3) is 5.91 Å². The number of carbonyl (C=O) groups is 2. The average Bonchev–Trinajstić information content (AvgIpc) is 2.78. The standard InChI is InChI=1S/C22H29N5O2/c1-2-11-27(22(29)20-17-23-9-10-24-20)12-8-21(28)26-15-13-25(14-16-26)18-19-6-4-3-5-7-19/h3-7,9-10,17H,2,8,11-16,18H2,1H3/p+1. The van der Waals surface area contributed by atoms with E-state index >= 15 is 0 Å². The molecule has 1 aromatic carbocycles. The summed E-state index contributed by atoms with van der Waals surface area (Å²) in [5.41, 5.74) is 1.66. The molecule has 1 fully saturated rings. The summed E-state index contributed by atoms with van der Waals surface area (Å²) in [6.07, 6.45) is 5.72. The molecule has 3 rings (SSSR count). The summed E-state index contributed by atoms with van der Waals surface area (Å²) in [6.45, 7) is 7.50. The molecule has 7 nitrogen and oxygen atoms in total. The number of aromatic nitrogens is 2. The minimum atomic E-state index is -0.162. The fraction of sp³-hybridized carbons (Fsp3) is 0.455. The number of nitrogens with zero attached hydrogens (tertiary/aromatic N) is 4. The van der Waals surface area contributed by atoms with E-state index in [9.17, 15) is 9.59 Å². The molecule has 2 aromatic rings. The Kier molecular flexibility index (Phi) is 7.69. The maximum absolute atomic E-state index is 12.7. The van der Waals surface area contributed by atoms with Gasteiger partial charge >= 0.3 is 0 Å². The molecule has 7 heteroatoms. The zero-order chi connectivity index (χ0) is 20.5. The van der Waals surface area contributed by atoms with Gasteiger partial charge in [0.05, 0.1) is 32.4 Å². The molecule has 1 aliphatic heterocycles. The zero-order valence-corrected chi connectivity index (χ0v) is 17.1. The maximum Gasteiger partial charge on any atom is 0.274 e. The third-order valence-electron chi connectivity index (χ3n) is 5.28. The lowest BCUT2D eigenvalue weighted by Gasteiger charge is -2.33. The third kappa shape index (κ3) is 6.09. The minimum absolute atomic E-state index is 0.122. The van der Waals surface area contributed by atoms with E-state index in [1.807, 2.05) is 17.9 Å². The third-order valence-corrected chi connectivity index (χ3v) is 5.28. The second-order valence-corrected chi connectivity index (χ2v) is 7.43. The Morgan fingerprint density at radius 3 is 2.52 bits per heavy atom. The lowest BCUT2D eigenvalue weighted by Crippen LogP contribution is -3.13. The van der Waals surface area contributed by atoms with Crippen LogP contribution in [0.5, 0.6) is 0 Å². The van der Waals surface area contributed by atoms with Crippen molar-refractivity contribution in [1.82, 2.24) is 19.8 Å². The molecule has 154 valence electrons. The van der Waals surface area contributed by atoms with E-state index in [4.69, 9.17) is 0 Å². The van der Waals surface area contributed by atoms with Crippen molar-refractivity contribution in [3.8, 4) is 0 Å². The number of rotatable bonds is 8. The van der Waals surface area contributed by atoms with Gasteiger partial charge in [-0.15, -0.1) is 0 Å². The first-order valence-electron chi connectivity index (χ1n) is 10.4. The van der Waals surface area contributed by atoms with E-state index in [1.165, 1.54) is 22.9 Å². The Hall–Kier alpha value is -2.80. The monoisotopic (exact) mass is 396 g/mol. The Labute approximate surface area is 172 Å². The molecule has 1 aliphatic rings. The molecule has 0 radical (unpaired) electrons. The van der Waals surface area contributed by atoms with Crippen molar-refractivity contribution in [3.05, 3.63) is 60.2 Å². The van der Waals surface area contributed by atoms with Crippen LogP contribution < -0.4 is 4.90 Å². The predicted octanol–water partition coefficient (Wildman–Crippen LogP) is 0.646. The average molecular weight is 397 g/mol. The van der Waals surface area contributed by atoms with Crippen molar-refractivity contribution >= 4 is 11.8 Å². The molecule has 0 spiro atoms. The molecule has 2 heterocycles. The van der Waals surface area contributed by atoms with Crippen LogP contribution >= 0.6 is 0 Å². The van der Waals surface area contributed by atoms with Crippen molar-refractivity contribution < 1.29 is 14.5 Å². The van der Waals surface area contributed by atoms with Crippen LogP contribution in [0.15, 0.2) is 48.9 Å². The van der Waals surface area contributed by atoms with Gasteiger partial charge in [-0.25, -0.2) is 4.98 Å². The summed E-state index contributed by atoms with van der Waals surface area (Å²) in [6, 6.07) is 10.5. The van der Waals surface area contributed by atoms with Crippen LogP contribution in [0.4, 0.5) is 0 Å². The van der Waals surface area contributed by atoms with E-state index in [2.05, 4.69) is 34.2 Å². The lowest BCUT2D eigenvalue weighted by molar-refractivity contribution is -0.917. The van der Waals surface area contributed by atoms with Crippen LogP contribution in [0.3, 0.4) is 0 Å². The number of carbonyl (C=O) groups excluding carboxylic acids is 2. The summed E-state index contributed by atoms with van der Waals surface area (Å²) < 4.78 is 0. The van der Waals surface area contributed by atoms with Gasteiger partial charge in [-0.3, -0.25) is 14.6 Å². The largest absolute Gasteiger partial charge is 0.337 e. The topological polar surface area (TPSA) is 70.8 Å². The van der Waals surface area contributed by atoms with E-state index in [1.54, 1.807) is 11.1 Å². The predicted molar refractivity (Wildman–Crippen MR) is 110 cm³/mol. The van der Waals surface area contributed by atoms with Crippen molar-refractivity contribution in [2.45, 2.75) is 26.3 Å². The number of quaternary nitrogens is 1. The normalized spacial score (nSPS) is 14.6. The molecular formula is C22H30N5O2+. The van der Waals surface area contributed by atoms with Crippen LogP contribution in [-0.4, -0.2) is 70.9 Å². The van der Waals surface area contributed by atoms with Gasteiger partial charge in [-0.05, 0) is 6.42 Å². The molecule has 2 amide bonds. The molecule has 1 saturated heterocycles. The van der Waals surface area contributed by atoms with E-state index in [-0.39, 0.29) is 11.8 Å². The minimum Gasteiger partial charge on any atom is -0.337 e. The molecule has 0 bridgehead atoms. The highest BCUT2D eigenvalue weighted by atomic mass is 16.2. The van der Waals surface area contributed by atoms with Gasteiger partial charge < -0.3 is 14.7 Å². The van der Waals surface area contributed by atoms with Gasteiger partial charge in [-0.2, -0.15) is 0 Å². The molecule has 0 unspecified atom stereocenters. The molecule has 0 atom stereocenters. The van der Waals surface area contributed by atoms with Crippen LogP contribution in [0.25, 0.3) is 0 Å². The summed E-state index contributed by atoms with van der Waals surface area (Å²) in [5.74, 6) is -0.0401. The van der Waals surface area contributed by atoms with Crippen LogP contribution in [0.1, 0.15) is 35.8 Å². The number of benzene rings is 1. The molecule has 0 saturated carbocycles. The van der Waals surface area contributed by atoms with Crippen molar-refractivity contribution in [2.75, 3.05) is 39.3 Å². The number of amides is 2. The van der Waals surface area contributed by atoms with Crippen molar-refractivity contribution in [1.29, 1.82) is 0 Å². The Balaban J connectivity index is 1.46. The number of piperazine rings is 1. The maximum atomic E-state index is 12.7. The molecule has 29 heavy (non-hydrogen) atoms. The Bertz CT molecular complexity index is 776. The highest BCUT2D eigenvalue weighted by molar-refractivity contribution is 5.92. The fourth-order valence-corrected chi connectivity index (χ4v) is 3.68. The first-order chi connectivity index (χ1) is 14.2. The number of hydrogen-bond acceptors (Lipinski definition) is 4. The zero-order valence-electron chi connectivity index (χ0n) is 17.1. The second-order valence-electron chi connectivity index (χ2n) is 7.43. The summed E-state index contributed by atoms with van der Waals surface area (Å²) >= 11 is 0. The molecular weight excluding hydrogens is 366 g/mol. The highest BCUT2D eigenvalue weighted by Crippen LogP contribution is 2.05. The van der Waals surface area contributed by atoms with Crippen LogP contribution in [0, 0.1) is 0 Å². The quantitative estimate of drug-likeness (QED) is 0.711. The van der Waals surface area contributed by atoms with Crippen LogP contribution in [-0.2, 0) is 11.3 Å². The first-order valence-corrected chi connectivity index (χ1v) is 10.4. The first kappa shape index (κ1) is 20.9. The van der Waals surface area contributed by atoms with Crippen molar-refractivity contribution in [3.63, 3.8) is 0 Å². The summed E-state index contributed by atoms with van der Waals surface area (Å²) in [5, 5.41) is 0. The smallest absolute Gasteiger partial charge is 0.274 e. The summed E-state index contributed by atoms with van der Waals surface area (Å²) in [4.78, 5) is 38.5. The summed E-state index contributed by atoms with van der Waals surface area (Å²) in [7, 11) is 0. The van der Waals surface area contributed by atoms with Gasteiger partial charge in [0, 0.05) is 37.5 Å². The lowest BCUT2D eigenvalue weighted by atomic mass is 10.2. The fourth-order valence-electron chi connectivity index (χ4n) is 3.68. The van der Waals surface area contributed by atoms with Crippen molar-refractivity contribution in [2.24, 2.45) is 0 Å². The van der Waals surface area contributed by atoms with Gasteiger partial charge in [0.15, 0.2) is 0 Å². The molecule has 0 aliphatic carbocycles. The van der Waals surface area contributed by atoms with E-state index in [0.29, 0.717) is 25.2 Å². The van der Waals surface area contributed by atoms with Gasteiger partial charge in [0.2, 0.25) is 5.91 Å². The van der Waals surface area contributed by atoms with Gasteiger partial charge in [0.1, 0.15) is 12.2 Å². The Morgan fingerprint density at radius 1 is 1.10 bits per heavy atom. The van der Waals surface area contributed by atoms with Gasteiger partial charge in [-0.1, -0.05) is 37.3 Å². The Morgan fingerprint density at radius 2 is 1.86 bits per heavy atom. The van der Waals surface area contributed by atoms with Crippen LogP contribution in [0.2, 0.25) is 0 Å². The number of nitrogens with one attached hydrogen (secondary N) is 1. The second kappa shape index (κ2) is 10.7. The van der Waals surface area contributed by atoms with E-state index < -0.39 is 0 Å². The van der Waals surface area contributed by atoms with E-state index in [0.717, 1.165) is 39.1 Å². The molecule has 1 N–H and O–H groups in total. The SMILES string of the molecule is CCCN(CCC(=O)N1CC[NH+](Cc2ccccc2)CC1)C(=O)c1cnccn1. The highest BCUT2D eigenvalue weighted by Gasteiger charge is 2.25. The molecule has 1 aromatic heterocycles. The number of hydrogen-bond donors (Lipinski definition) is 1.